The van der Waals surface area contributed by atoms with Gasteiger partial charge in [-0.25, -0.2) is 0 Å². The Morgan fingerprint density at radius 2 is 1.57 bits per heavy atom. The number of hydrogen-bond acceptors (Lipinski definition) is 5. The Balaban J connectivity index is 1.43. The fourth-order valence-electron chi connectivity index (χ4n) is 2.83. The van der Waals surface area contributed by atoms with Crippen molar-refractivity contribution in [3.8, 4) is 28.6 Å². The Morgan fingerprint density at radius 1 is 0.800 bits per heavy atom. The molecule has 0 aliphatic rings. The second-order valence-electron chi connectivity index (χ2n) is 6.44. The predicted molar refractivity (Wildman–Crippen MR) is 115 cm³/mol. The Labute approximate surface area is 174 Å². The largest absolute Gasteiger partial charge is 0.497 e. The number of methoxy groups -OCH3 is 1. The molecular weight excluding hydrogens is 378 g/mol. The van der Waals surface area contributed by atoms with E-state index in [2.05, 4.69) is 15.5 Å². The second kappa shape index (κ2) is 8.87. The van der Waals surface area contributed by atoms with Crippen molar-refractivity contribution in [1.29, 1.82) is 0 Å². The first kappa shape index (κ1) is 19.1. The van der Waals surface area contributed by atoms with E-state index in [9.17, 15) is 4.79 Å². The SMILES string of the molecule is COc1cccc(Oc2ccc(-c3ccc(C(=O)Nc4ccccc4)cc3)nn2)c1. The van der Waals surface area contributed by atoms with Gasteiger partial charge in [0.2, 0.25) is 5.88 Å². The number of amides is 1. The Kier molecular flexibility index (Phi) is 5.66. The van der Waals surface area contributed by atoms with Crippen molar-refractivity contribution in [3.05, 3.63) is 96.6 Å². The molecule has 0 bridgehead atoms. The molecule has 3 aromatic carbocycles. The number of benzene rings is 3. The minimum atomic E-state index is -0.166. The topological polar surface area (TPSA) is 73.3 Å². The number of nitrogens with zero attached hydrogens (tertiary/aromatic N) is 2. The fourth-order valence-corrected chi connectivity index (χ4v) is 2.83. The first-order chi connectivity index (χ1) is 14.7. The van der Waals surface area contributed by atoms with Crippen molar-refractivity contribution in [3.63, 3.8) is 0 Å². The van der Waals surface area contributed by atoms with Crippen LogP contribution in [0.2, 0.25) is 0 Å². The maximum Gasteiger partial charge on any atom is 0.255 e. The monoisotopic (exact) mass is 397 g/mol. The smallest absolute Gasteiger partial charge is 0.255 e. The van der Waals surface area contributed by atoms with Gasteiger partial charge in [-0.2, -0.15) is 0 Å². The van der Waals surface area contributed by atoms with E-state index < -0.39 is 0 Å². The van der Waals surface area contributed by atoms with Crippen LogP contribution >= 0.6 is 0 Å². The summed E-state index contributed by atoms with van der Waals surface area (Å²) in [6, 6.07) is 27.4. The van der Waals surface area contributed by atoms with E-state index in [1.54, 1.807) is 31.4 Å². The van der Waals surface area contributed by atoms with Crippen LogP contribution in [0.5, 0.6) is 17.4 Å². The third-order valence-corrected chi connectivity index (χ3v) is 4.38. The third kappa shape index (κ3) is 4.62. The average Bonchev–Trinajstić information content (AvgIpc) is 2.80. The van der Waals surface area contributed by atoms with Gasteiger partial charge in [0.05, 0.1) is 12.8 Å². The zero-order chi connectivity index (χ0) is 20.8. The van der Waals surface area contributed by atoms with Crippen molar-refractivity contribution in [2.75, 3.05) is 12.4 Å². The van der Waals surface area contributed by atoms with Gasteiger partial charge in [0.15, 0.2) is 0 Å². The molecule has 148 valence electrons. The van der Waals surface area contributed by atoms with Gasteiger partial charge >= 0.3 is 0 Å². The first-order valence-corrected chi connectivity index (χ1v) is 9.34. The van der Waals surface area contributed by atoms with Gasteiger partial charge in [-0.05, 0) is 42.5 Å². The molecule has 6 nitrogen and oxygen atoms in total. The zero-order valence-corrected chi connectivity index (χ0v) is 16.3. The number of rotatable bonds is 6. The summed E-state index contributed by atoms with van der Waals surface area (Å²) in [6.45, 7) is 0. The van der Waals surface area contributed by atoms with E-state index in [1.807, 2.05) is 66.7 Å². The summed E-state index contributed by atoms with van der Waals surface area (Å²) >= 11 is 0. The lowest BCUT2D eigenvalue weighted by Gasteiger charge is -2.07. The van der Waals surface area contributed by atoms with Gasteiger partial charge in [-0.1, -0.05) is 36.4 Å². The molecule has 0 aliphatic carbocycles. The molecule has 0 spiro atoms. The minimum absolute atomic E-state index is 0.166. The molecule has 0 unspecified atom stereocenters. The van der Waals surface area contributed by atoms with Gasteiger partial charge in [-0.15, -0.1) is 10.2 Å². The number of para-hydroxylation sites is 1. The zero-order valence-electron chi connectivity index (χ0n) is 16.3. The molecule has 0 saturated heterocycles. The van der Waals surface area contributed by atoms with Crippen LogP contribution in [0.1, 0.15) is 10.4 Å². The highest BCUT2D eigenvalue weighted by molar-refractivity contribution is 6.04. The van der Waals surface area contributed by atoms with E-state index in [1.165, 1.54) is 0 Å². The van der Waals surface area contributed by atoms with E-state index >= 15 is 0 Å². The van der Waals surface area contributed by atoms with Gasteiger partial charge in [0.1, 0.15) is 11.5 Å². The predicted octanol–water partition coefficient (Wildman–Crippen LogP) is 5.20. The van der Waals surface area contributed by atoms with Gasteiger partial charge in [0.25, 0.3) is 5.91 Å². The number of ether oxygens (including phenoxy) is 2. The van der Waals surface area contributed by atoms with E-state index in [-0.39, 0.29) is 5.91 Å². The molecule has 0 radical (unpaired) electrons. The lowest BCUT2D eigenvalue weighted by molar-refractivity contribution is 0.102. The molecule has 1 N–H and O–H groups in total. The standard InChI is InChI=1S/C24H19N3O3/c1-29-20-8-5-9-21(16-20)30-23-15-14-22(26-27-23)17-10-12-18(13-11-17)24(28)25-19-6-3-2-4-7-19/h2-16H,1H3,(H,25,28). The minimum Gasteiger partial charge on any atom is -0.497 e. The molecule has 4 rings (SSSR count). The van der Waals surface area contributed by atoms with Crippen LogP contribution in [0.15, 0.2) is 91.0 Å². The highest BCUT2D eigenvalue weighted by Crippen LogP contribution is 2.25. The summed E-state index contributed by atoms with van der Waals surface area (Å²) in [6.07, 6.45) is 0. The van der Waals surface area contributed by atoms with E-state index in [4.69, 9.17) is 9.47 Å². The summed E-state index contributed by atoms with van der Waals surface area (Å²) < 4.78 is 10.9. The molecular formula is C24H19N3O3. The number of nitrogens with one attached hydrogen (secondary N) is 1. The van der Waals surface area contributed by atoms with Crippen molar-refractivity contribution in [2.45, 2.75) is 0 Å². The molecule has 0 fully saturated rings. The third-order valence-electron chi connectivity index (χ3n) is 4.38. The van der Waals surface area contributed by atoms with E-state index in [0.29, 0.717) is 28.6 Å². The van der Waals surface area contributed by atoms with Gasteiger partial charge in [-0.3, -0.25) is 4.79 Å². The summed E-state index contributed by atoms with van der Waals surface area (Å²) in [5, 5.41) is 11.2. The molecule has 30 heavy (non-hydrogen) atoms. The molecule has 0 aliphatic heterocycles. The first-order valence-electron chi connectivity index (χ1n) is 9.34. The van der Waals surface area contributed by atoms with Gasteiger partial charge in [0, 0.05) is 28.9 Å². The van der Waals surface area contributed by atoms with E-state index in [0.717, 1.165) is 11.3 Å². The summed E-state index contributed by atoms with van der Waals surface area (Å²) in [4.78, 5) is 12.4. The Hall–Kier alpha value is -4.19. The van der Waals surface area contributed by atoms with Crippen molar-refractivity contribution >= 4 is 11.6 Å². The Morgan fingerprint density at radius 3 is 2.27 bits per heavy atom. The van der Waals surface area contributed by atoms with Crippen LogP contribution in [-0.4, -0.2) is 23.2 Å². The number of carbonyl (C=O) groups is 1. The molecule has 1 heterocycles. The van der Waals surface area contributed by atoms with Crippen molar-refractivity contribution in [2.24, 2.45) is 0 Å². The normalized spacial score (nSPS) is 10.3. The van der Waals surface area contributed by atoms with Crippen molar-refractivity contribution in [1.82, 2.24) is 10.2 Å². The Bertz CT molecular complexity index is 1130. The lowest BCUT2D eigenvalue weighted by Crippen LogP contribution is -2.11. The number of hydrogen-bond donors (Lipinski definition) is 1. The molecule has 4 aromatic rings. The quantitative estimate of drug-likeness (QED) is 0.484. The van der Waals surface area contributed by atoms with Crippen LogP contribution in [0.4, 0.5) is 5.69 Å². The molecule has 0 atom stereocenters. The molecule has 1 aromatic heterocycles. The second-order valence-corrected chi connectivity index (χ2v) is 6.44. The van der Waals surface area contributed by atoms with Crippen LogP contribution in [0, 0.1) is 0 Å². The molecule has 6 heteroatoms. The van der Waals surface area contributed by atoms with Crippen LogP contribution < -0.4 is 14.8 Å². The average molecular weight is 397 g/mol. The lowest BCUT2D eigenvalue weighted by atomic mass is 10.1. The highest BCUT2D eigenvalue weighted by Gasteiger charge is 2.08. The maximum absolute atomic E-state index is 12.4. The molecule has 0 saturated carbocycles. The summed E-state index contributed by atoms with van der Waals surface area (Å²) in [7, 11) is 1.60. The van der Waals surface area contributed by atoms with Gasteiger partial charge < -0.3 is 14.8 Å². The summed E-state index contributed by atoms with van der Waals surface area (Å²) in [5.41, 5.74) is 2.85. The number of aromatic nitrogens is 2. The number of carbonyl (C=O) groups excluding carboxylic acids is 1. The summed E-state index contributed by atoms with van der Waals surface area (Å²) in [5.74, 6) is 1.53. The van der Waals surface area contributed by atoms with Crippen LogP contribution in [-0.2, 0) is 0 Å². The van der Waals surface area contributed by atoms with Crippen LogP contribution in [0.3, 0.4) is 0 Å². The fraction of sp³-hybridized carbons (Fsp3) is 0.0417. The number of anilines is 1. The van der Waals surface area contributed by atoms with Crippen LogP contribution in [0.25, 0.3) is 11.3 Å². The molecule has 1 amide bonds. The highest BCUT2D eigenvalue weighted by atomic mass is 16.5. The van der Waals surface area contributed by atoms with Crippen molar-refractivity contribution < 1.29 is 14.3 Å². The maximum atomic E-state index is 12.4.